The van der Waals surface area contributed by atoms with Gasteiger partial charge in [0, 0.05) is 33.5 Å². The third-order valence-electron chi connectivity index (χ3n) is 7.03. The number of ketones is 1. The van der Waals surface area contributed by atoms with Gasteiger partial charge in [-0.25, -0.2) is 4.68 Å². The van der Waals surface area contributed by atoms with Crippen molar-refractivity contribution in [2.45, 2.75) is 42.8 Å². The number of thioether (sulfide) groups is 1. The van der Waals surface area contributed by atoms with Gasteiger partial charge in [0.25, 0.3) is 0 Å². The van der Waals surface area contributed by atoms with Gasteiger partial charge in [0.05, 0.1) is 11.6 Å². The second-order valence-electron chi connectivity index (χ2n) is 9.69. The Hall–Kier alpha value is -2.98. The van der Waals surface area contributed by atoms with E-state index in [1.807, 2.05) is 60.7 Å². The molecule has 3 aromatic carbocycles. The smallest absolute Gasteiger partial charge is 0.227 e. The van der Waals surface area contributed by atoms with E-state index in [0.29, 0.717) is 61.5 Å². The van der Waals surface area contributed by atoms with Crippen LogP contribution in [0.2, 0.25) is 10.0 Å². The molecule has 6 rings (SSSR count). The fourth-order valence-corrected chi connectivity index (χ4v) is 6.85. The maximum atomic E-state index is 13.3. The van der Waals surface area contributed by atoms with Crippen LogP contribution in [0.15, 0.2) is 81.6 Å². The van der Waals surface area contributed by atoms with E-state index >= 15 is 0 Å². The first-order valence-electron chi connectivity index (χ1n) is 13.0. The Labute approximate surface area is 260 Å². The molecule has 0 fully saturated rings. The highest BCUT2D eigenvalue weighted by atomic mass is 79.9. The number of allylic oxidation sites excluding steroid dienone is 2. The SMILES string of the molecule is COc1cc(C2C3=C(CCCC3=O)Nc3nc(SCc4ccccc4Cl)nn32)cc(Br)c1OCc1ccc(Cl)cc1. The number of benzene rings is 3. The van der Waals surface area contributed by atoms with E-state index in [4.69, 9.17) is 42.8 Å². The van der Waals surface area contributed by atoms with Crippen molar-refractivity contribution in [1.29, 1.82) is 0 Å². The van der Waals surface area contributed by atoms with Crippen molar-refractivity contribution in [3.8, 4) is 11.5 Å². The summed E-state index contributed by atoms with van der Waals surface area (Å²) in [4.78, 5) is 18.1. The van der Waals surface area contributed by atoms with E-state index in [2.05, 4.69) is 21.2 Å². The number of nitrogens with one attached hydrogen (secondary N) is 1. The molecule has 2 aliphatic rings. The lowest BCUT2D eigenvalue weighted by Crippen LogP contribution is -2.31. The molecule has 210 valence electrons. The Kier molecular flexibility index (Phi) is 8.30. The average Bonchev–Trinajstić information content (AvgIpc) is 3.38. The number of aromatic nitrogens is 3. The van der Waals surface area contributed by atoms with Crippen LogP contribution >= 0.6 is 50.9 Å². The zero-order chi connectivity index (χ0) is 28.5. The third-order valence-corrected chi connectivity index (χ3v) is 9.12. The van der Waals surface area contributed by atoms with E-state index < -0.39 is 6.04 Å². The van der Waals surface area contributed by atoms with Crippen molar-refractivity contribution < 1.29 is 14.3 Å². The lowest BCUT2D eigenvalue weighted by molar-refractivity contribution is -0.116. The fraction of sp³-hybridized carbons (Fsp3) is 0.233. The minimum absolute atomic E-state index is 0.105. The van der Waals surface area contributed by atoms with Gasteiger partial charge in [0.2, 0.25) is 11.1 Å². The summed E-state index contributed by atoms with van der Waals surface area (Å²) in [6, 6.07) is 18.6. The summed E-state index contributed by atoms with van der Waals surface area (Å²) < 4.78 is 14.4. The number of anilines is 1. The molecule has 7 nitrogen and oxygen atoms in total. The topological polar surface area (TPSA) is 78.3 Å². The molecule has 1 aromatic heterocycles. The molecular formula is C30H25BrCl2N4O3S. The molecule has 0 amide bonds. The molecular weight excluding hydrogens is 647 g/mol. The summed E-state index contributed by atoms with van der Waals surface area (Å²) in [6.07, 6.45) is 2.06. The number of carbonyl (C=O) groups excluding carboxylic acids is 1. The van der Waals surface area contributed by atoms with Gasteiger partial charge in [-0.3, -0.25) is 4.79 Å². The van der Waals surface area contributed by atoms with Gasteiger partial charge in [-0.15, -0.1) is 5.10 Å². The number of carbonyl (C=O) groups is 1. The quantitative estimate of drug-likeness (QED) is 0.189. The summed E-state index contributed by atoms with van der Waals surface area (Å²) in [5, 5.41) is 10.2. The zero-order valence-electron chi connectivity index (χ0n) is 22.0. The molecule has 1 aliphatic heterocycles. The Bertz CT molecular complexity index is 1660. The molecule has 0 bridgehead atoms. The molecule has 11 heteroatoms. The van der Waals surface area contributed by atoms with Gasteiger partial charge in [0.1, 0.15) is 12.6 Å². The number of hydrogen-bond donors (Lipinski definition) is 1. The van der Waals surface area contributed by atoms with Crippen LogP contribution in [-0.2, 0) is 17.2 Å². The normalized spacial score (nSPS) is 16.2. The maximum absolute atomic E-state index is 13.3. The van der Waals surface area contributed by atoms with E-state index in [-0.39, 0.29) is 5.78 Å². The minimum Gasteiger partial charge on any atom is -0.493 e. The Balaban J connectivity index is 1.34. The van der Waals surface area contributed by atoms with Gasteiger partial charge in [-0.05, 0) is 75.8 Å². The van der Waals surface area contributed by atoms with E-state index in [9.17, 15) is 4.79 Å². The second kappa shape index (κ2) is 12.1. The minimum atomic E-state index is -0.466. The summed E-state index contributed by atoms with van der Waals surface area (Å²) in [5.74, 6) is 2.44. The van der Waals surface area contributed by atoms with Crippen LogP contribution < -0.4 is 14.8 Å². The largest absolute Gasteiger partial charge is 0.493 e. The van der Waals surface area contributed by atoms with Gasteiger partial charge < -0.3 is 14.8 Å². The van der Waals surface area contributed by atoms with Crippen LogP contribution in [0.25, 0.3) is 0 Å². The molecule has 1 N–H and O–H groups in total. The molecule has 1 atom stereocenters. The van der Waals surface area contributed by atoms with Gasteiger partial charge in [-0.2, -0.15) is 4.98 Å². The molecule has 1 aliphatic carbocycles. The molecule has 2 heterocycles. The number of hydrogen-bond acceptors (Lipinski definition) is 7. The molecule has 0 spiro atoms. The van der Waals surface area contributed by atoms with Crippen molar-refractivity contribution in [2.24, 2.45) is 0 Å². The van der Waals surface area contributed by atoms with Crippen LogP contribution in [0.1, 0.15) is 42.0 Å². The Morgan fingerprint density at radius 2 is 1.93 bits per heavy atom. The summed E-state index contributed by atoms with van der Waals surface area (Å²) in [6.45, 7) is 0.339. The summed E-state index contributed by atoms with van der Waals surface area (Å²) >= 11 is 17.6. The van der Waals surface area contributed by atoms with Gasteiger partial charge in [-0.1, -0.05) is 65.3 Å². The number of methoxy groups -OCH3 is 1. The van der Waals surface area contributed by atoms with Crippen LogP contribution in [-0.4, -0.2) is 27.7 Å². The number of ether oxygens (including phenoxy) is 2. The van der Waals surface area contributed by atoms with Crippen molar-refractivity contribution in [2.75, 3.05) is 12.4 Å². The Morgan fingerprint density at radius 3 is 2.71 bits per heavy atom. The predicted molar refractivity (Wildman–Crippen MR) is 165 cm³/mol. The van der Waals surface area contributed by atoms with Crippen LogP contribution in [0.4, 0.5) is 5.95 Å². The number of Topliss-reactive ketones (excluding diaryl/α,β-unsaturated/α-hetero) is 1. The molecule has 41 heavy (non-hydrogen) atoms. The maximum Gasteiger partial charge on any atom is 0.227 e. The van der Waals surface area contributed by atoms with Gasteiger partial charge >= 0.3 is 0 Å². The van der Waals surface area contributed by atoms with Crippen LogP contribution in [0.5, 0.6) is 11.5 Å². The molecule has 0 saturated heterocycles. The number of rotatable bonds is 8. The molecule has 1 unspecified atom stereocenters. The highest BCUT2D eigenvalue weighted by Crippen LogP contribution is 2.45. The van der Waals surface area contributed by atoms with E-state index in [1.54, 1.807) is 11.8 Å². The first-order valence-corrected chi connectivity index (χ1v) is 15.6. The Morgan fingerprint density at radius 1 is 1.12 bits per heavy atom. The second-order valence-corrected chi connectivity index (χ2v) is 12.3. The molecule has 0 saturated carbocycles. The zero-order valence-corrected chi connectivity index (χ0v) is 25.9. The van der Waals surface area contributed by atoms with Gasteiger partial charge in [0.15, 0.2) is 17.3 Å². The highest BCUT2D eigenvalue weighted by Gasteiger charge is 2.37. The van der Waals surface area contributed by atoms with Crippen molar-refractivity contribution in [1.82, 2.24) is 14.8 Å². The first kappa shape index (κ1) is 28.2. The predicted octanol–water partition coefficient (Wildman–Crippen LogP) is 8.25. The molecule has 4 aromatic rings. The number of fused-ring (bicyclic) bond motifs is 1. The van der Waals surface area contributed by atoms with Crippen molar-refractivity contribution in [3.63, 3.8) is 0 Å². The number of halogens is 3. The third kappa shape index (κ3) is 5.86. The summed E-state index contributed by atoms with van der Waals surface area (Å²) in [7, 11) is 1.60. The van der Waals surface area contributed by atoms with Crippen LogP contribution in [0, 0.1) is 0 Å². The first-order chi connectivity index (χ1) is 19.9. The molecule has 0 radical (unpaired) electrons. The highest BCUT2D eigenvalue weighted by molar-refractivity contribution is 9.10. The van der Waals surface area contributed by atoms with Crippen molar-refractivity contribution in [3.05, 3.63) is 103 Å². The standard InChI is InChI=1S/C30H25BrCl2N4O3S/c1-39-25-14-19(13-21(31)28(25)40-15-17-9-11-20(32)12-10-17)27-26-23(7-4-8-24(26)38)34-29-35-30(36-37(27)29)41-16-18-5-2-3-6-22(18)33/h2-3,5-6,9-14,27H,4,7-8,15-16H2,1H3,(H,34,35,36). The monoisotopic (exact) mass is 670 g/mol. The van der Waals surface area contributed by atoms with E-state index in [1.165, 1.54) is 11.8 Å². The van der Waals surface area contributed by atoms with E-state index in [0.717, 1.165) is 35.2 Å². The fourth-order valence-electron chi connectivity index (χ4n) is 5.04. The average molecular weight is 672 g/mol. The number of nitrogens with zero attached hydrogens (tertiary/aromatic N) is 3. The van der Waals surface area contributed by atoms with Crippen LogP contribution in [0.3, 0.4) is 0 Å². The lowest BCUT2D eigenvalue weighted by atomic mass is 9.85. The van der Waals surface area contributed by atoms with Crippen molar-refractivity contribution >= 4 is 62.6 Å². The summed E-state index contributed by atoms with van der Waals surface area (Å²) in [5.41, 5.74) is 4.42. The lowest BCUT2D eigenvalue weighted by Gasteiger charge is -2.32.